The van der Waals surface area contributed by atoms with Gasteiger partial charge in [-0.15, -0.1) is 0 Å². The Hall–Kier alpha value is -0.870. The van der Waals surface area contributed by atoms with Gasteiger partial charge in [-0.3, -0.25) is 0 Å². The molecule has 108 valence electrons. The fourth-order valence-electron chi connectivity index (χ4n) is 2.77. The van der Waals surface area contributed by atoms with E-state index in [1.54, 1.807) is 7.11 Å². The molecule has 2 heterocycles. The van der Waals surface area contributed by atoms with Crippen LogP contribution in [0.25, 0.3) is 0 Å². The fourth-order valence-corrected chi connectivity index (χ4v) is 2.77. The van der Waals surface area contributed by atoms with Crippen molar-refractivity contribution in [1.82, 2.24) is 14.9 Å². The second-order valence-corrected chi connectivity index (χ2v) is 6.19. The van der Waals surface area contributed by atoms with Gasteiger partial charge in [-0.2, -0.15) is 0 Å². The molecule has 4 nitrogen and oxygen atoms in total. The third kappa shape index (κ3) is 3.37. The molecule has 1 aliphatic heterocycles. The van der Waals surface area contributed by atoms with Crippen molar-refractivity contribution in [3.05, 3.63) is 17.2 Å². The third-order valence-electron chi connectivity index (χ3n) is 3.95. The summed E-state index contributed by atoms with van der Waals surface area (Å²) >= 11 is 0. The third-order valence-corrected chi connectivity index (χ3v) is 3.95. The molecule has 1 aromatic heterocycles. The van der Waals surface area contributed by atoms with Crippen LogP contribution in [0, 0.1) is 5.41 Å². The molecule has 1 N–H and O–H groups in total. The molecule has 19 heavy (non-hydrogen) atoms. The molecule has 4 heteroatoms. The highest BCUT2D eigenvalue weighted by Gasteiger charge is 2.24. The normalized spacial score (nSPS) is 15.6. The Morgan fingerprint density at radius 2 is 2.21 bits per heavy atom. The Balaban J connectivity index is 2.21. The minimum atomic E-state index is 0.249. The maximum atomic E-state index is 5.23. The first kappa shape index (κ1) is 14.5. The number of methoxy groups -OCH3 is 1. The number of fused-ring (bicyclic) bond motifs is 1. The van der Waals surface area contributed by atoms with Gasteiger partial charge in [0, 0.05) is 51.9 Å². The van der Waals surface area contributed by atoms with E-state index >= 15 is 0 Å². The molecule has 0 saturated carbocycles. The van der Waals surface area contributed by atoms with Crippen molar-refractivity contribution in [1.29, 1.82) is 0 Å². The monoisotopic (exact) mass is 265 g/mol. The van der Waals surface area contributed by atoms with Gasteiger partial charge in [-0.1, -0.05) is 20.8 Å². The van der Waals surface area contributed by atoms with Crippen LogP contribution in [0.3, 0.4) is 0 Å². The molecule has 0 aliphatic carbocycles. The Bertz CT molecular complexity index is 423. The summed E-state index contributed by atoms with van der Waals surface area (Å²) in [6.07, 6.45) is 3.19. The molecule has 1 aliphatic rings. The van der Waals surface area contributed by atoms with Gasteiger partial charge < -0.3 is 14.6 Å². The van der Waals surface area contributed by atoms with Gasteiger partial charge in [0.25, 0.3) is 0 Å². The Morgan fingerprint density at radius 3 is 2.89 bits per heavy atom. The molecule has 0 saturated heterocycles. The largest absolute Gasteiger partial charge is 0.385 e. The lowest BCUT2D eigenvalue weighted by Gasteiger charge is -2.27. The van der Waals surface area contributed by atoms with E-state index in [1.165, 1.54) is 17.2 Å². The van der Waals surface area contributed by atoms with Gasteiger partial charge >= 0.3 is 0 Å². The number of nitrogens with zero attached hydrogens (tertiary/aromatic N) is 2. The van der Waals surface area contributed by atoms with Crippen molar-refractivity contribution in [2.75, 3.05) is 20.3 Å². The highest BCUT2D eigenvalue weighted by atomic mass is 16.5. The summed E-state index contributed by atoms with van der Waals surface area (Å²) < 4.78 is 7.70. The molecule has 0 unspecified atom stereocenters. The molecular weight excluding hydrogens is 238 g/mol. The van der Waals surface area contributed by atoms with Crippen molar-refractivity contribution in [2.45, 2.75) is 53.1 Å². The molecule has 0 amide bonds. The number of aryl methyl sites for hydroxylation is 1. The van der Waals surface area contributed by atoms with Crippen LogP contribution >= 0.6 is 0 Å². The van der Waals surface area contributed by atoms with Crippen LogP contribution in [-0.4, -0.2) is 29.8 Å². The van der Waals surface area contributed by atoms with E-state index in [-0.39, 0.29) is 5.41 Å². The summed E-state index contributed by atoms with van der Waals surface area (Å²) in [7, 11) is 1.78. The summed E-state index contributed by atoms with van der Waals surface area (Å²) in [5.41, 5.74) is 2.95. The molecular formula is C15H27N3O. The lowest BCUT2D eigenvalue weighted by molar-refractivity contribution is 0.141. The van der Waals surface area contributed by atoms with Gasteiger partial charge in [0.05, 0.1) is 5.69 Å². The van der Waals surface area contributed by atoms with Crippen LogP contribution in [-0.2, 0) is 30.7 Å². The Labute approximate surface area is 116 Å². The second-order valence-electron chi connectivity index (χ2n) is 6.19. The van der Waals surface area contributed by atoms with Crippen molar-refractivity contribution in [3.8, 4) is 0 Å². The van der Waals surface area contributed by atoms with E-state index in [4.69, 9.17) is 9.72 Å². The lowest BCUT2D eigenvalue weighted by Crippen LogP contribution is -2.28. The number of imidazole rings is 1. The number of nitrogens with one attached hydrogen (secondary N) is 1. The maximum Gasteiger partial charge on any atom is 0.108 e. The zero-order valence-corrected chi connectivity index (χ0v) is 12.8. The number of aromatic nitrogens is 2. The summed E-state index contributed by atoms with van der Waals surface area (Å²) in [5, 5.41) is 3.41. The molecule has 2 rings (SSSR count). The smallest absolute Gasteiger partial charge is 0.108 e. The minimum Gasteiger partial charge on any atom is -0.385 e. The van der Waals surface area contributed by atoms with Crippen LogP contribution in [0.1, 0.15) is 44.4 Å². The molecule has 0 aromatic carbocycles. The van der Waals surface area contributed by atoms with Crippen LogP contribution in [0.15, 0.2) is 0 Å². The van der Waals surface area contributed by atoms with Gasteiger partial charge in [0.15, 0.2) is 0 Å². The summed E-state index contributed by atoms with van der Waals surface area (Å²) in [6.45, 7) is 10.7. The van der Waals surface area contributed by atoms with E-state index in [0.717, 1.165) is 45.5 Å². The first-order valence-electron chi connectivity index (χ1n) is 7.34. The predicted octanol–water partition coefficient (Wildman–Crippen LogP) is 2.15. The van der Waals surface area contributed by atoms with Crippen LogP contribution in [0.2, 0.25) is 0 Å². The number of rotatable bonds is 6. The topological polar surface area (TPSA) is 39.1 Å². The maximum absolute atomic E-state index is 5.23. The van der Waals surface area contributed by atoms with Crippen molar-refractivity contribution in [3.63, 3.8) is 0 Å². The van der Waals surface area contributed by atoms with Crippen molar-refractivity contribution >= 4 is 0 Å². The van der Waals surface area contributed by atoms with Gasteiger partial charge in [0.2, 0.25) is 0 Å². The summed E-state index contributed by atoms with van der Waals surface area (Å²) in [6, 6.07) is 0. The second kappa shape index (κ2) is 6.06. The lowest BCUT2D eigenvalue weighted by atomic mass is 9.89. The SMILES string of the molecule is CCc1nc2c(n1CC(C)(C)CCOC)CCNC2. The first-order valence-corrected chi connectivity index (χ1v) is 7.34. The van der Waals surface area contributed by atoms with E-state index in [1.807, 2.05) is 0 Å². The van der Waals surface area contributed by atoms with E-state index < -0.39 is 0 Å². The zero-order valence-electron chi connectivity index (χ0n) is 12.8. The molecule has 0 spiro atoms. The fraction of sp³-hybridized carbons (Fsp3) is 0.800. The minimum absolute atomic E-state index is 0.249. The van der Waals surface area contributed by atoms with E-state index in [9.17, 15) is 0 Å². The summed E-state index contributed by atoms with van der Waals surface area (Å²) in [5.74, 6) is 1.24. The molecule has 0 fully saturated rings. The quantitative estimate of drug-likeness (QED) is 0.856. The molecule has 1 aromatic rings. The standard InChI is InChI=1S/C15H27N3O/c1-5-14-17-12-10-16-8-6-13(12)18(14)11-15(2,3)7-9-19-4/h16H,5-11H2,1-4H3. The van der Waals surface area contributed by atoms with Crippen molar-refractivity contribution in [2.24, 2.45) is 5.41 Å². The number of ether oxygens (including phenoxy) is 1. The zero-order chi connectivity index (χ0) is 13.9. The van der Waals surface area contributed by atoms with Crippen LogP contribution in [0.4, 0.5) is 0 Å². The number of hydrogen-bond donors (Lipinski definition) is 1. The average Bonchev–Trinajstić information content (AvgIpc) is 2.74. The predicted molar refractivity (Wildman–Crippen MR) is 77.3 cm³/mol. The van der Waals surface area contributed by atoms with E-state index in [0.29, 0.717) is 0 Å². The van der Waals surface area contributed by atoms with Gasteiger partial charge in [-0.25, -0.2) is 4.98 Å². The summed E-state index contributed by atoms with van der Waals surface area (Å²) in [4.78, 5) is 4.80. The van der Waals surface area contributed by atoms with Crippen LogP contribution in [0.5, 0.6) is 0 Å². The van der Waals surface area contributed by atoms with Gasteiger partial charge in [-0.05, 0) is 11.8 Å². The highest BCUT2D eigenvalue weighted by Crippen LogP contribution is 2.27. The average molecular weight is 265 g/mol. The van der Waals surface area contributed by atoms with Crippen LogP contribution < -0.4 is 5.32 Å². The Morgan fingerprint density at radius 1 is 1.42 bits per heavy atom. The van der Waals surface area contributed by atoms with Crippen molar-refractivity contribution < 1.29 is 4.74 Å². The molecule has 0 radical (unpaired) electrons. The molecule has 0 atom stereocenters. The first-order chi connectivity index (χ1) is 9.07. The Kier molecular flexibility index (Phi) is 4.63. The molecule has 0 bridgehead atoms. The van der Waals surface area contributed by atoms with Gasteiger partial charge in [0.1, 0.15) is 5.82 Å². The van der Waals surface area contributed by atoms with E-state index in [2.05, 4.69) is 30.7 Å². The highest BCUT2D eigenvalue weighted by molar-refractivity contribution is 5.20. The number of hydrogen-bond acceptors (Lipinski definition) is 3.